The fourth-order valence-corrected chi connectivity index (χ4v) is 10.3. The lowest BCUT2D eigenvalue weighted by Crippen LogP contribution is -2.69. The van der Waals surface area contributed by atoms with Crippen molar-refractivity contribution >= 4 is 29.7 Å². The summed E-state index contributed by atoms with van der Waals surface area (Å²) in [6, 6.07) is 10.4. The number of aryl methyl sites for hydroxylation is 1. The van der Waals surface area contributed by atoms with E-state index in [1.807, 2.05) is 50.4 Å². The van der Waals surface area contributed by atoms with Gasteiger partial charge in [0, 0.05) is 46.2 Å². The summed E-state index contributed by atoms with van der Waals surface area (Å²) < 4.78 is 23.6. The number of phenols is 2. The van der Waals surface area contributed by atoms with E-state index in [4.69, 9.17) is 18.9 Å². The van der Waals surface area contributed by atoms with Crippen LogP contribution in [-0.2, 0) is 20.7 Å². The third kappa shape index (κ3) is 5.11. The maximum atomic E-state index is 13.7. The molecule has 6 aliphatic rings. The molecule has 3 aromatic rings. The first-order valence-corrected chi connectivity index (χ1v) is 17.9. The Labute approximate surface area is 299 Å². The van der Waals surface area contributed by atoms with Crippen LogP contribution in [0.4, 0.5) is 0 Å². The number of likely N-dealkylation sites (N-methyl/N-ethyl adjacent to an activating group) is 1. The van der Waals surface area contributed by atoms with Gasteiger partial charge in [-0.15, -0.1) is 11.8 Å². The summed E-state index contributed by atoms with van der Waals surface area (Å²) in [5, 5.41) is 37.1. The number of nitrogens with one attached hydrogen (secondary N) is 1. The van der Waals surface area contributed by atoms with Crippen molar-refractivity contribution in [2.75, 3.05) is 33.3 Å². The lowest BCUT2D eigenvalue weighted by atomic mass is 9.71. The highest BCUT2D eigenvalue weighted by Crippen LogP contribution is 2.63. The number of hydrogen-bond donors (Lipinski definition) is 3. The van der Waals surface area contributed by atoms with Crippen LogP contribution in [0.5, 0.6) is 28.7 Å². The van der Waals surface area contributed by atoms with Gasteiger partial charge in [0.05, 0.1) is 30.5 Å². The van der Waals surface area contributed by atoms with E-state index in [1.165, 1.54) is 24.9 Å². The Hall–Kier alpha value is -4.90. The quantitative estimate of drug-likeness (QED) is 0.263. The van der Waals surface area contributed by atoms with Crippen LogP contribution in [0.1, 0.15) is 56.3 Å². The zero-order valence-corrected chi connectivity index (χ0v) is 29.4. The first kappa shape index (κ1) is 33.3. The molecule has 4 bridgehead atoms. The number of rotatable bonds is 4. The monoisotopic (exact) mass is 710 g/mol. The van der Waals surface area contributed by atoms with E-state index in [9.17, 15) is 25.1 Å². The summed E-state index contributed by atoms with van der Waals surface area (Å²) in [5.74, 6) is 0.389. The molecule has 0 radical (unpaired) electrons. The van der Waals surface area contributed by atoms with E-state index in [0.29, 0.717) is 45.9 Å². The molecule has 7 atom stereocenters. The van der Waals surface area contributed by atoms with Gasteiger partial charge in [0.1, 0.15) is 24.4 Å². The van der Waals surface area contributed by atoms with E-state index in [2.05, 4.69) is 21.2 Å². The third-order valence-corrected chi connectivity index (χ3v) is 12.4. The largest absolute Gasteiger partial charge is 0.507 e. The number of carbonyl (C=O) groups is 2. The fraction of sp³-hybridized carbons (Fsp3) is 0.395. The number of phenolic OH excluding ortho intramolecular Hbond substituents is 2. The van der Waals surface area contributed by atoms with E-state index in [0.717, 1.165) is 16.7 Å². The first-order chi connectivity index (χ1) is 24.6. The van der Waals surface area contributed by atoms with Crippen molar-refractivity contribution in [1.82, 2.24) is 15.1 Å². The van der Waals surface area contributed by atoms with E-state index < -0.39 is 47.3 Å². The number of esters is 1. The summed E-state index contributed by atoms with van der Waals surface area (Å²) in [7, 11) is 3.50. The van der Waals surface area contributed by atoms with Crippen LogP contribution < -0.4 is 19.5 Å². The zero-order chi connectivity index (χ0) is 35.7. The number of hydrogen-bond acceptors (Lipinski definition) is 12. The second-order valence-corrected chi connectivity index (χ2v) is 14.8. The smallest absolute Gasteiger partial charge is 0.329 e. The Bertz CT molecular complexity index is 2020. The van der Waals surface area contributed by atoms with Crippen LogP contribution in [0.15, 0.2) is 42.5 Å². The standard InChI is InChI=1S/C38H38N4O8S/c1-18-12-21-13-23-24(14-39)42-25-15-48-38(46)22(40-26(43)11-10-20-8-6-5-7-9-20)16-51-37(29-28(25)36-35(49-17-50-36)19(2)32(29)44)31(42)30(41(23)3)27(21)33(45)34(18)47-4/h5-12,22-25,30-31,37,44-45H,13,15-17H2,1-4H3,(H,40,43)/b11-10+/t22-,23-,24-,25-,30+,31?,37+/m0/s1. The molecule has 3 N–H and O–H groups in total. The van der Waals surface area contributed by atoms with Crippen molar-refractivity contribution in [3.8, 4) is 34.8 Å². The molecular formula is C38H38N4O8S. The molecule has 51 heavy (non-hydrogen) atoms. The molecule has 2 fully saturated rings. The SMILES string of the molecule is COc1c(C)cc2c(c1O)[C@@H]1C3[C@@H]4SC[C@H](NC(=O)/C=C/c5ccccc5)C(=O)OC[C@@H](c5c6c(c(C)c(O)c54)OCO6)N3[C@@H](C#N)[C@H](C2)N1C. The zero-order valence-electron chi connectivity index (χ0n) is 28.6. The predicted molar refractivity (Wildman–Crippen MR) is 188 cm³/mol. The number of thioether (sulfide) groups is 1. The van der Waals surface area contributed by atoms with Gasteiger partial charge < -0.3 is 34.5 Å². The number of carbonyl (C=O) groups excluding carboxylic acids is 2. The van der Waals surface area contributed by atoms with Gasteiger partial charge in [-0.05, 0) is 50.1 Å². The summed E-state index contributed by atoms with van der Waals surface area (Å²) in [6.45, 7) is 3.44. The van der Waals surface area contributed by atoms with Gasteiger partial charge in [-0.25, -0.2) is 4.79 Å². The molecule has 12 nitrogen and oxygen atoms in total. The van der Waals surface area contributed by atoms with Crippen molar-refractivity contribution in [2.45, 2.75) is 61.8 Å². The second kappa shape index (κ2) is 12.7. The Kier molecular flexibility index (Phi) is 8.28. The Balaban J connectivity index is 1.28. The number of amides is 1. The molecule has 0 aromatic heterocycles. The molecular weight excluding hydrogens is 673 g/mol. The molecule has 2 saturated heterocycles. The van der Waals surface area contributed by atoms with Gasteiger partial charge in [0.25, 0.3) is 0 Å². The number of fused-ring (bicyclic) bond motifs is 10. The van der Waals surface area contributed by atoms with Gasteiger partial charge in [-0.1, -0.05) is 36.4 Å². The molecule has 13 heteroatoms. The topological polar surface area (TPSA) is 154 Å². The molecule has 9 rings (SSSR count). The molecule has 0 saturated carbocycles. The molecule has 6 aliphatic heterocycles. The first-order valence-electron chi connectivity index (χ1n) is 16.9. The number of aromatic hydroxyl groups is 2. The Morgan fingerprint density at radius 1 is 1.10 bits per heavy atom. The van der Waals surface area contributed by atoms with Crippen LogP contribution in [0, 0.1) is 25.2 Å². The summed E-state index contributed by atoms with van der Waals surface area (Å²) in [4.78, 5) is 31.1. The van der Waals surface area contributed by atoms with Crippen molar-refractivity contribution in [3.63, 3.8) is 0 Å². The highest BCUT2D eigenvalue weighted by molar-refractivity contribution is 7.99. The lowest BCUT2D eigenvalue weighted by molar-refractivity contribution is -0.152. The Morgan fingerprint density at radius 2 is 1.86 bits per heavy atom. The van der Waals surface area contributed by atoms with Crippen LogP contribution in [0.2, 0.25) is 0 Å². The molecule has 0 aliphatic carbocycles. The van der Waals surface area contributed by atoms with E-state index in [1.54, 1.807) is 13.0 Å². The molecule has 3 aromatic carbocycles. The van der Waals surface area contributed by atoms with Crippen LogP contribution in [0.3, 0.4) is 0 Å². The van der Waals surface area contributed by atoms with Crippen LogP contribution >= 0.6 is 11.8 Å². The third-order valence-electron chi connectivity index (χ3n) is 11.0. The highest BCUT2D eigenvalue weighted by Gasteiger charge is 2.60. The van der Waals surface area contributed by atoms with Crippen molar-refractivity contribution < 1.29 is 38.7 Å². The number of benzene rings is 3. The van der Waals surface area contributed by atoms with E-state index in [-0.39, 0.29) is 36.7 Å². The number of ether oxygens (including phenoxy) is 4. The second-order valence-electron chi connectivity index (χ2n) is 13.6. The average Bonchev–Trinajstić information content (AvgIpc) is 3.61. The molecule has 6 heterocycles. The van der Waals surface area contributed by atoms with E-state index >= 15 is 0 Å². The molecule has 264 valence electrons. The lowest BCUT2D eigenvalue weighted by Gasteiger charge is -2.61. The van der Waals surface area contributed by atoms with Gasteiger partial charge in [0.15, 0.2) is 23.0 Å². The maximum absolute atomic E-state index is 13.7. The van der Waals surface area contributed by atoms with Gasteiger partial charge in [0.2, 0.25) is 12.7 Å². The van der Waals surface area contributed by atoms with Crippen molar-refractivity contribution in [2.24, 2.45) is 0 Å². The summed E-state index contributed by atoms with van der Waals surface area (Å²) in [6.07, 6.45) is 3.56. The van der Waals surface area contributed by atoms with Gasteiger partial charge in [-0.2, -0.15) is 5.26 Å². The van der Waals surface area contributed by atoms with Crippen molar-refractivity contribution in [1.29, 1.82) is 5.26 Å². The molecule has 0 spiro atoms. The fourth-order valence-electron chi connectivity index (χ4n) is 8.76. The van der Waals surface area contributed by atoms with Crippen molar-refractivity contribution in [3.05, 3.63) is 81.4 Å². The number of piperazine rings is 1. The minimum Gasteiger partial charge on any atom is -0.507 e. The van der Waals surface area contributed by atoms with Crippen LogP contribution in [0.25, 0.3) is 6.08 Å². The number of methoxy groups -OCH3 is 1. The summed E-state index contributed by atoms with van der Waals surface area (Å²) in [5.41, 5.74) is 5.02. The average molecular weight is 711 g/mol. The highest BCUT2D eigenvalue weighted by atomic mass is 32.2. The number of nitrogens with zero attached hydrogens (tertiary/aromatic N) is 3. The van der Waals surface area contributed by atoms with Gasteiger partial charge >= 0.3 is 5.97 Å². The molecule has 1 amide bonds. The predicted octanol–water partition coefficient (Wildman–Crippen LogP) is 4.21. The maximum Gasteiger partial charge on any atom is 0.329 e. The summed E-state index contributed by atoms with van der Waals surface area (Å²) >= 11 is 1.39. The minimum absolute atomic E-state index is 0.0368. The normalized spacial score (nSPS) is 27.9. The number of nitriles is 1. The molecule has 1 unspecified atom stereocenters. The van der Waals surface area contributed by atoms with Gasteiger partial charge in [-0.3, -0.25) is 14.6 Å². The minimum atomic E-state index is -1.01. The van der Waals surface area contributed by atoms with Crippen LogP contribution in [-0.4, -0.2) is 89.4 Å². The Morgan fingerprint density at radius 3 is 2.61 bits per heavy atom.